The molecule has 3 aliphatic rings. The van der Waals surface area contributed by atoms with Crippen LogP contribution in [0.5, 0.6) is 0 Å². The summed E-state index contributed by atoms with van der Waals surface area (Å²) in [5, 5.41) is 8.97. The number of nitrogens with zero attached hydrogens (tertiary/aromatic N) is 3. The van der Waals surface area contributed by atoms with Gasteiger partial charge in [-0.2, -0.15) is 0 Å². The topological polar surface area (TPSA) is 75.6 Å². The maximum atomic E-state index is 10.9. The fraction of sp³-hybridized carbons (Fsp3) is 0.706. The lowest BCUT2D eigenvalue weighted by Crippen LogP contribution is -2.62. The summed E-state index contributed by atoms with van der Waals surface area (Å²) < 4.78 is 6.59. The number of ether oxygens (including phenoxy) is 1. The Labute approximate surface area is 135 Å². The van der Waals surface area contributed by atoms with E-state index in [4.69, 9.17) is 9.84 Å². The van der Waals surface area contributed by atoms with E-state index >= 15 is 0 Å². The van der Waals surface area contributed by atoms with Gasteiger partial charge in [0.2, 0.25) is 0 Å². The van der Waals surface area contributed by atoms with Crippen molar-refractivity contribution in [3.05, 3.63) is 18.1 Å². The summed E-state index contributed by atoms with van der Waals surface area (Å²) in [4.78, 5) is 21.5. The van der Waals surface area contributed by atoms with E-state index in [0.29, 0.717) is 5.92 Å². The van der Waals surface area contributed by atoms with Crippen LogP contribution in [0.4, 0.5) is 5.82 Å². The highest BCUT2D eigenvalue weighted by Crippen LogP contribution is 2.55. The molecule has 0 unspecified atom stereocenters. The first-order valence-electron chi connectivity index (χ1n) is 8.37. The summed E-state index contributed by atoms with van der Waals surface area (Å²) in [5.74, 6) is 1.14. The van der Waals surface area contributed by atoms with Crippen LogP contribution in [0.3, 0.4) is 0 Å². The number of aromatic carboxylic acids is 1. The molecule has 1 spiro atoms. The van der Waals surface area contributed by atoms with Gasteiger partial charge < -0.3 is 14.7 Å². The zero-order valence-corrected chi connectivity index (χ0v) is 13.7. The Kier molecular flexibility index (Phi) is 3.17. The molecule has 1 aliphatic heterocycles. The molecule has 6 heteroatoms. The van der Waals surface area contributed by atoms with E-state index in [0.717, 1.165) is 31.2 Å². The van der Waals surface area contributed by atoms with Crippen LogP contribution in [0, 0.1) is 11.8 Å². The number of carboxylic acids is 1. The quantitative estimate of drug-likeness (QED) is 0.902. The summed E-state index contributed by atoms with van der Waals surface area (Å²) in [6, 6.07) is 0. The van der Waals surface area contributed by atoms with Crippen molar-refractivity contribution >= 4 is 11.8 Å². The van der Waals surface area contributed by atoms with Crippen molar-refractivity contribution in [3.63, 3.8) is 0 Å². The second-order valence-corrected chi connectivity index (χ2v) is 7.93. The fourth-order valence-electron chi connectivity index (χ4n) is 4.92. The molecule has 2 bridgehead atoms. The molecule has 0 aromatic carbocycles. The number of hydrogen-bond donors (Lipinski definition) is 1. The Hall–Kier alpha value is -1.69. The van der Waals surface area contributed by atoms with Crippen LogP contribution in [0.2, 0.25) is 0 Å². The predicted octanol–water partition coefficient (Wildman–Crippen LogP) is 2.35. The Bertz CT molecular complexity index is 630. The van der Waals surface area contributed by atoms with Crippen molar-refractivity contribution in [2.45, 2.75) is 50.7 Å². The molecule has 0 radical (unpaired) electrons. The summed E-state index contributed by atoms with van der Waals surface area (Å²) in [7, 11) is 0. The monoisotopic (exact) mass is 317 g/mol. The van der Waals surface area contributed by atoms with Gasteiger partial charge in [0.05, 0.1) is 23.6 Å². The van der Waals surface area contributed by atoms with Gasteiger partial charge in [-0.15, -0.1) is 0 Å². The van der Waals surface area contributed by atoms with Gasteiger partial charge in [0.25, 0.3) is 0 Å². The number of carboxylic acid groups (broad SMARTS) is 1. The van der Waals surface area contributed by atoms with E-state index in [1.165, 1.54) is 25.5 Å². The molecule has 4 rings (SSSR count). The van der Waals surface area contributed by atoms with Crippen LogP contribution < -0.4 is 4.90 Å². The molecule has 2 aliphatic carbocycles. The molecule has 6 nitrogen and oxygen atoms in total. The van der Waals surface area contributed by atoms with Crippen LogP contribution in [0.25, 0.3) is 0 Å². The third-order valence-corrected chi connectivity index (χ3v) is 5.61. The number of aromatic nitrogens is 2. The molecule has 2 saturated carbocycles. The zero-order valence-electron chi connectivity index (χ0n) is 13.7. The van der Waals surface area contributed by atoms with Crippen molar-refractivity contribution in [1.29, 1.82) is 0 Å². The molecule has 3 fully saturated rings. The van der Waals surface area contributed by atoms with Crippen molar-refractivity contribution < 1.29 is 14.6 Å². The molecule has 2 heterocycles. The highest BCUT2D eigenvalue weighted by Gasteiger charge is 2.57. The third kappa shape index (κ3) is 2.49. The van der Waals surface area contributed by atoms with Gasteiger partial charge in [0.15, 0.2) is 5.69 Å². The van der Waals surface area contributed by atoms with Gasteiger partial charge in [0.1, 0.15) is 5.82 Å². The first kappa shape index (κ1) is 14.9. The molecule has 0 amide bonds. The van der Waals surface area contributed by atoms with Gasteiger partial charge >= 0.3 is 5.97 Å². The molecule has 23 heavy (non-hydrogen) atoms. The van der Waals surface area contributed by atoms with E-state index in [9.17, 15) is 4.79 Å². The lowest BCUT2D eigenvalue weighted by Gasteiger charge is -2.52. The van der Waals surface area contributed by atoms with Crippen LogP contribution in [-0.4, -0.2) is 45.3 Å². The highest BCUT2D eigenvalue weighted by atomic mass is 16.5. The summed E-state index contributed by atoms with van der Waals surface area (Å²) in [6.45, 7) is 5.84. The fourth-order valence-corrected chi connectivity index (χ4v) is 4.92. The third-order valence-electron chi connectivity index (χ3n) is 5.61. The largest absolute Gasteiger partial charge is 0.476 e. The highest BCUT2D eigenvalue weighted by molar-refractivity contribution is 5.84. The van der Waals surface area contributed by atoms with E-state index in [2.05, 4.69) is 28.7 Å². The maximum absolute atomic E-state index is 10.9. The summed E-state index contributed by atoms with van der Waals surface area (Å²) >= 11 is 0. The van der Waals surface area contributed by atoms with Gasteiger partial charge in [-0.05, 0) is 51.4 Å². The number of morpholine rings is 1. The molecule has 1 saturated heterocycles. The lowest BCUT2D eigenvalue weighted by molar-refractivity contribution is -0.175. The maximum Gasteiger partial charge on any atom is 0.356 e. The van der Waals surface area contributed by atoms with Crippen molar-refractivity contribution in [3.8, 4) is 0 Å². The van der Waals surface area contributed by atoms with E-state index in [1.54, 1.807) is 6.20 Å². The standard InChI is InChI=1S/C17H23N3O3/c1-16(2)9-20(14-8-18-13(7-19-14)15(21)22)10-17(23-16)6-11-3-4-12(17)5-11/h7-8,11-12H,3-6,9-10H2,1-2H3,(H,21,22)/t11-,12+,17+/m1/s1. The second-order valence-electron chi connectivity index (χ2n) is 7.93. The number of rotatable bonds is 2. The predicted molar refractivity (Wildman–Crippen MR) is 84.5 cm³/mol. The van der Waals surface area contributed by atoms with Crippen LogP contribution in [0.15, 0.2) is 12.4 Å². The molecular formula is C17H23N3O3. The van der Waals surface area contributed by atoms with E-state index in [1.807, 2.05) is 0 Å². The summed E-state index contributed by atoms with van der Waals surface area (Å²) in [5.41, 5.74) is -0.329. The smallest absolute Gasteiger partial charge is 0.356 e. The molecule has 1 aromatic rings. The number of fused-ring (bicyclic) bond motifs is 3. The van der Waals surface area contributed by atoms with Crippen molar-refractivity contribution in [2.75, 3.05) is 18.0 Å². The Morgan fingerprint density at radius 1 is 1.30 bits per heavy atom. The Morgan fingerprint density at radius 3 is 2.70 bits per heavy atom. The van der Waals surface area contributed by atoms with Crippen molar-refractivity contribution in [1.82, 2.24) is 9.97 Å². The minimum atomic E-state index is -1.05. The minimum Gasteiger partial charge on any atom is -0.476 e. The Balaban J connectivity index is 1.62. The zero-order chi connectivity index (χ0) is 16.2. The number of carbonyl (C=O) groups is 1. The molecule has 124 valence electrons. The molecule has 3 atom stereocenters. The van der Waals surface area contributed by atoms with Crippen LogP contribution in [-0.2, 0) is 4.74 Å². The Morgan fingerprint density at radius 2 is 2.13 bits per heavy atom. The van der Waals surface area contributed by atoms with Crippen LogP contribution in [0.1, 0.15) is 50.0 Å². The SMILES string of the molecule is CC1(C)CN(c2cnc(C(=O)O)cn2)C[C@]2(C[C@@H]3CC[C@H]2C3)O1. The summed E-state index contributed by atoms with van der Waals surface area (Å²) in [6.07, 6.45) is 7.94. The van der Waals surface area contributed by atoms with Gasteiger partial charge in [0, 0.05) is 13.1 Å². The lowest BCUT2D eigenvalue weighted by atomic mass is 9.81. The van der Waals surface area contributed by atoms with E-state index in [-0.39, 0.29) is 16.9 Å². The molecular weight excluding hydrogens is 294 g/mol. The van der Waals surface area contributed by atoms with Gasteiger partial charge in [-0.25, -0.2) is 14.8 Å². The second kappa shape index (κ2) is 4.90. The number of anilines is 1. The first-order valence-corrected chi connectivity index (χ1v) is 8.37. The molecule has 1 N–H and O–H groups in total. The minimum absolute atomic E-state index is 0.0177. The average Bonchev–Trinajstić information content (AvgIpc) is 3.06. The van der Waals surface area contributed by atoms with Gasteiger partial charge in [-0.1, -0.05) is 0 Å². The van der Waals surface area contributed by atoms with Crippen LogP contribution >= 0.6 is 0 Å². The average molecular weight is 317 g/mol. The van der Waals surface area contributed by atoms with Crippen molar-refractivity contribution in [2.24, 2.45) is 11.8 Å². The van der Waals surface area contributed by atoms with E-state index < -0.39 is 5.97 Å². The number of hydrogen-bond acceptors (Lipinski definition) is 5. The first-order chi connectivity index (χ1) is 10.9. The normalized spacial score (nSPS) is 35.0. The molecule has 1 aromatic heterocycles. The van der Waals surface area contributed by atoms with Gasteiger partial charge in [-0.3, -0.25) is 0 Å².